The molecule has 0 amide bonds. The van der Waals surface area contributed by atoms with Crippen molar-refractivity contribution < 1.29 is 4.42 Å². The van der Waals surface area contributed by atoms with Crippen LogP contribution >= 0.6 is 0 Å². The third kappa shape index (κ3) is 6.31. The van der Waals surface area contributed by atoms with Gasteiger partial charge in [0.05, 0.1) is 39.2 Å². The Labute approximate surface area is 430 Å². The van der Waals surface area contributed by atoms with Crippen molar-refractivity contribution in [2.24, 2.45) is 9.98 Å². The summed E-state index contributed by atoms with van der Waals surface area (Å²) in [5.74, 6) is 0.660. The number of benzene rings is 12. The van der Waals surface area contributed by atoms with Crippen molar-refractivity contribution in [3.05, 3.63) is 259 Å². The number of hydrogen-bond donors (Lipinski definition) is 0. The van der Waals surface area contributed by atoms with Crippen LogP contribution in [0.4, 0.5) is 0 Å². The number of hydrogen-bond acceptors (Lipinski definition) is 3. The Hall–Kier alpha value is -9.84. The standard InChI is InChI=1S/C70H44N4O/c1-42-36-59(71-70(72-67(42)50-31-30-43-16-5-6-18-45(43)37-50)56-27-15-29-61-65(56)54-26-13-14-28-60(54)73(61)51-23-3-2-4-24-51)53-33-34-55-66-52-25-12-11-17-44(52)32-35-64(66)75-69(55)68(53)74-62-40-48-21-9-7-19-46(48)38-57(62)58-39-47-20-8-10-22-49(47)41-63(58)74/h2-35,37-41H,36H2,1H3. The number of fused-ring (bicyclic) bond motifs is 14. The molecule has 0 radical (unpaired) electrons. The van der Waals surface area contributed by atoms with Crippen LogP contribution in [0.3, 0.4) is 0 Å². The SMILES string of the molecule is CC1=C(c2ccc3ccccc3c2)N=C(c2cccc3c2c2ccccc2n3-c2ccccc2)N=C(c2ccc3c(oc4ccc5ccccc5c43)c2-n2c3cc4ccccc4cc3c3cc4ccccc4cc32)C1. The van der Waals surface area contributed by atoms with Crippen molar-refractivity contribution in [3.63, 3.8) is 0 Å². The Bertz CT molecular complexity index is 4950. The average molecular weight is 957 g/mol. The van der Waals surface area contributed by atoms with Crippen molar-refractivity contribution in [1.29, 1.82) is 0 Å². The van der Waals surface area contributed by atoms with E-state index in [2.05, 4.69) is 253 Å². The topological polar surface area (TPSA) is 47.7 Å². The minimum Gasteiger partial charge on any atom is -0.454 e. The molecule has 0 saturated heterocycles. The molecule has 1 aliphatic rings. The number of para-hydroxylation sites is 2. The monoisotopic (exact) mass is 956 g/mol. The average Bonchev–Trinajstić information content (AvgIpc) is 4.20. The van der Waals surface area contributed by atoms with Gasteiger partial charge in [-0.15, -0.1) is 0 Å². The van der Waals surface area contributed by atoms with Gasteiger partial charge in [-0.25, -0.2) is 9.98 Å². The predicted octanol–water partition coefficient (Wildman–Crippen LogP) is 18.5. The number of rotatable bonds is 5. The lowest BCUT2D eigenvalue weighted by Gasteiger charge is -2.17. The molecule has 0 spiro atoms. The minimum atomic E-state index is 0.543. The molecule has 0 bridgehead atoms. The van der Waals surface area contributed by atoms with Gasteiger partial charge in [0.2, 0.25) is 0 Å². The molecule has 1 aliphatic heterocycles. The van der Waals surface area contributed by atoms with E-state index in [4.69, 9.17) is 14.4 Å². The molecule has 0 N–H and O–H groups in total. The minimum absolute atomic E-state index is 0.543. The number of aliphatic imine (C=N–C) groups is 2. The molecule has 16 rings (SSSR count). The molecule has 5 nitrogen and oxygen atoms in total. The van der Waals surface area contributed by atoms with Gasteiger partial charge in [-0.1, -0.05) is 170 Å². The molecule has 0 atom stereocenters. The Balaban J connectivity index is 1.04. The second-order valence-corrected chi connectivity index (χ2v) is 20.1. The lowest BCUT2D eigenvalue weighted by atomic mass is 9.95. The molecule has 3 aromatic heterocycles. The number of nitrogens with zero attached hydrogens (tertiary/aromatic N) is 4. The van der Waals surface area contributed by atoms with E-state index in [1.165, 1.54) is 48.5 Å². The van der Waals surface area contributed by atoms with E-state index in [0.29, 0.717) is 12.3 Å². The van der Waals surface area contributed by atoms with Crippen LogP contribution in [0, 0.1) is 0 Å². The van der Waals surface area contributed by atoms with Crippen LogP contribution in [0.25, 0.3) is 126 Å². The lowest BCUT2D eigenvalue weighted by Crippen LogP contribution is -2.11. The van der Waals surface area contributed by atoms with E-state index in [0.717, 1.165) is 105 Å². The molecular weight excluding hydrogens is 913 g/mol. The zero-order chi connectivity index (χ0) is 49.3. The molecule has 15 aromatic rings. The maximum absolute atomic E-state index is 7.35. The van der Waals surface area contributed by atoms with Crippen LogP contribution in [0.15, 0.2) is 257 Å². The highest BCUT2D eigenvalue weighted by Gasteiger charge is 2.28. The van der Waals surface area contributed by atoms with Gasteiger partial charge in [0.1, 0.15) is 5.58 Å². The Morgan fingerprint density at radius 3 is 1.72 bits per heavy atom. The van der Waals surface area contributed by atoms with E-state index in [-0.39, 0.29) is 0 Å². The Morgan fingerprint density at radius 2 is 0.987 bits per heavy atom. The summed E-state index contributed by atoms with van der Waals surface area (Å²) in [6.45, 7) is 2.23. The van der Waals surface area contributed by atoms with E-state index in [9.17, 15) is 0 Å². The van der Waals surface area contributed by atoms with Gasteiger partial charge < -0.3 is 13.6 Å². The Morgan fingerprint density at radius 1 is 0.387 bits per heavy atom. The molecular formula is C70H44N4O. The van der Waals surface area contributed by atoms with Crippen molar-refractivity contribution in [2.45, 2.75) is 13.3 Å². The van der Waals surface area contributed by atoms with Crippen molar-refractivity contribution in [2.75, 3.05) is 0 Å². The largest absolute Gasteiger partial charge is 0.454 e. The van der Waals surface area contributed by atoms with Crippen LogP contribution < -0.4 is 0 Å². The van der Waals surface area contributed by atoms with Crippen molar-refractivity contribution >= 4 is 126 Å². The fraction of sp³-hybridized carbons (Fsp3) is 0.0286. The number of furan rings is 1. The molecule has 350 valence electrons. The van der Waals surface area contributed by atoms with E-state index >= 15 is 0 Å². The van der Waals surface area contributed by atoms with Crippen LogP contribution in [-0.2, 0) is 0 Å². The molecule has 75 heavy (non-hydrogen) atoms. The number of amidine groups is 1. The van der Waals surface area contributed by atoms with E-state index < -0.39 is 0 Å². The van der Waals surface area contributed by atoms with Gasteiger partial charge in [0.15, 0.2) is 11.4 Å². The van der Waals surface area contributed by atoms with Gasteiger partial charge in [-0.3, -0.25) is 0 Å². The Kier molecular flexibility index (Phi) is 8.95. The zero-order valence-electron chi connectivity index (χ0n) is 40.9. The summed E-state index contributed by atoms with van der Waals surface area (Å²) in [5.41, 5.74) is 14.1. The predicted molar refractivity (Wildman–Crippen MR) is 316 cm³/mol. The summed E-state index contributed by atoms with van der Waals surface area (Å²) in [4.78, 5) is 11.7. The molecule has 4 heterocycles. The van der Waals surface area contributed by atoms with Gasteiger partial charge in [0.25, 0.3) is 0 Å². The summed E-state index contributed by atoms with van der Waals surface area (Å²) in [5, 5.41) is 16.2. The molecule has 0 saturated carbocycles. The van der Waals surface area contributed by atoms with Gasteiger partial charge in [0, 0.05) is 61.1 Å². The summed E-state index contributed by atoms with van der Waals surface area (Å²) < 4.78 is 12.2. The van der Waals surface area contributed by atoms with Crippen LogP contribution in [0.2, 0.25) is 0 Å². The van der Waals surface area contributed by atoms with Gasteiger partial charge in [-0.05, 0) is 122 Å². The lowest BCUT2D eigenvalue weighted by molar-refractivity contribution is 0.666. The summed E-state index contributed by atoms with van der Waals surface area (Å²) in [7, 11) is 0. The van der Waals surface area contributed by atoms with Gasteiger partial charge >= 0.3 is 0 Å². The normalized spacial score (nSPS) is 13.5. The first-order valence-corrected chi connectivity index (χ1v) is 25.8. The maximum Gasteiger partial charge on any atom is 0.160 e. The molecule has 0 fully saturated rings. The highest BCUT2D eigenvalue weighted by atomic mass is 16.3. The number of allylic oxidation sites excluding steroid dienone is 1. The fourth-order valence-electron chi connectivity index (χ4n) is 12.4. The van der Waals surface area contributed by atoms with E-state index in [1.54, 1.807) is 0 Å². The smallest absolute Gasteiger partial charge is 0.160 e. The zero-order valence-corrected chi connectivity index (χ0v) is 40.9. The van der Waals surface area contributed by atoms with Crippen molar-refractivity contribution in [1.82, 2.24) is 9.13 Å². The first kappa shape index (κ1) is 41.7. The quantitative estimate of drug-likeness (QED) is 0.170. The molecule has 0 unspecified atom stereocenters. The van der Waals surface area contributed by atoms with Gasteiger partial charge in [-0.2, -0.15) is 0 Å². The summed E-state index contributed by atoms with van der Waals surface area (Å²) >= 11 is 0. The first-order chi connectivity index (χ1) is 37.1. The first-order valence-electron chi connectivity index (χ1n) is 25.8. The van der Waals surface area contributed by atoms with E-state index in [1.807, 2.05) is 0 Å². The van der Waals surface area contributed by atoms with Crippen LogP contribution in [0.5, 0.6) is 0 Å². The maximum atomic E-state index is 7.35. The second kappa shape index (κ2) is 16.1. The summed E-state index contributed by atoms with van der Waals surface area (Å²) in [6.07, 6.45) is 0.543. The van der Waals surface area contributed by atoms with Crippen LogP contribution in [-0.4, -0.2) is 20.7 Å². The van der Waals surface area contributed by atoms with Crippen molar-refractivity contribution in [3.8, 4) is 11.4 Å². The highest BCUT2D eigenvalue weighted by molar-refractivity contribution is 6.28. The molecule has 12 aromatic carbocycles. The summed E-state index contributed by atoms with van der Waals surface area (Å²) in [6, 6.07) is 85.7. The third-order valence-corrected chi connectivity index (χ3v) is 15.8. The number of aromatic nitrogens is 2. The molecule has 0 aliphatic carbocycles. The molecule has 5 heteroatoms. The third-order valence-electron chi connectivity index (χ3n) is 15.8. The second-order valence-electron chi connectivity index (χ2n) is 20.1. The fourth-order valence-corrected chi connectivity index (χ4v) is 12.4. The van der Waals surface area contributed by atoms with Crippen LogP contribution in [0.1, 0.15) is 30.0 Å². The highest BCUT2D eigenvalue weighted by Crippen LogP contribution is 2.45.